The van der Waals surface area contributed by atoms with Crippen molar-refractivity contribution >= 4 is 0 Å². The van der Waals surface area contributed by atoms with Gasteiger partial charge in [0.15, 0.2) is 0 Å². The van der Waals surface area contributed by atoms with Gasteiger partial charge in [0, 0.05) is 25.8 Å². The number of aliphatic hydroxyl groups excluding tert-OH is 1. The molecule has 1 saturated heterocycles. The second-order valence-corrected chi connectivity index (χ2v) is 5.01. The van der Waals surface area contributed by atoms with E-state index in [4.69, 9.17) is 9.84 Å². The van der Waals surface area contributed by atoms with Crippen LogP contribution in [0, 0.1) is 17.8 Å². The summed E-state index contributed by atoms with van der Waals surface area (Å²) in [6.07, 6.45) is 1.22. The molecule has 0 saturated carbocycles. The summed E-state index contributed by atoms with van der Waals surface area (Å²) in [6, 6.07) is 8.24. The van der Waals surface area contributed by atoms with Crippen molar-refractivity contribution in [3.05, 3.63) is 35.4 Å². The van der Waals surface area contributed by atoms with Crippen LogP contribution in [-0.2, 0) is 11.3 Å². The topological polar surface area (TPSA) is 32.7 Å². The van der Waals surface area contributed by atoms with Crippen LogP contribution in [0.1, 0.15) is 17.5 Å². The van der Waals surface area contributed by atoms with Gasteiger partial charge in [-0.05, 0) is 36.6 Å². The van der Waals surface area contributed by atoms with Gasteiger partial charge in [0.25, 0.3) is 0 Å². The summed E-state index contributed by atoms with van der Waals surface area (Å²) in [6.45, 7) is 3.99. The van der Waals surface area contributed by atoms with Crippen LogP contribution in [0.25, 0.3) is 0 Å². The fourth-order valence-electron chi connectivity index (χ4n) is 2.58. The molecule has 0 radical (unpaired) electrons. The first kappa shape index (κ1) is 14.1. The number of methoxy groups -OCH3 is 1. The van der Waals surface area contributed by atoms with Gasteiger partial charge in [-0.1, -0.05) is 24.0 Å². The van der Waals surface area contributed by atoms with E-state index in [0.29, 0.717) is 5.92 Å². The van der Waals surface area contributed by atoms with Gasteiger partial charge in [-0.2, -0.15) is 0 Å². The van der Waals surface area contributed by atoms with Crippen molar-refractivity contribution in [3.8, 4) is 11.8 Å². The minimum atomic E-state index is -0.0882. The molecule has 3 heteroatoms. The van der Waals surface area contributed by atoms with E-state index in [-0.39, 0.29) is 6.61 Å². The average Bonchev–Trinajstić information content (AvgIpc) is 2.85. The Bertz CT molecular complexity index is 461. The first-order valence-corrected chi connectivity index (χ1v) is 6.72. The third-order valence-corrected chi connectivity index (χ3v) is 3.42. The lowest BCUT2D eigenvalue weighted by Crippen LogP contribution is -2.21. The zero-order valence-electron chi connectivity index (χ0n) is 11.4. The predicted octanol–water partition coefficient (Wildman–Crippen LogP) is 1.50. The van der Waals surface area contributed by atoms with Crippen LogP contribution in [0.5, 0.6) is 0 Å². The van der Waals surface area contributed by atoms with E-state index in [0.717, 1.165) is 31.8 Å². The molecule has 1 heterocycles. The molecule has 3 nitrogen and oxygen atoms in total. The normalized spacial score (nSPS) is 19.2. The summed E-state index contributed by atoms with van der Waals surface area (Å²) in [4.78, 5) is 2.46. The van der Waals surface area contributed by atoms with Crippen molar-refractivity contribution in [2.75, 3.05) is 33.4 Å². The Morgan fingerprint density at radius 1 is 1.47 bits per heavy atom. The molecule has 1 unspecified atom stereocenters. The third-order valence-electron chi connectivity index (χ3n) is 3.42. The van der Waals surface area contributed by atoms with E-state index in [9.17, 15) is 0 Å². The van der Waals surface area contributed by atoms with Crippen LogP contribution in [0.2, 0.25) is 0 Å². The molecule has 0 amide bonds. The van der Waals surface area contributed by atoms with Crippen molar-refractivity contribution in [1.29, 1.82) is 0 Å². The molecule has 1 N–H and O–H groups in total. The molecule has 1 fully saturated rings. The molecule has 1 aromatic rings. The number of nitrogens with zero attached hydrogens (tertiary/aromatic N) is 1. The molecule has 102 valence electrons. The monoisotopic (exact) mass is 259 g/mol. The summed E-state index contributed by atoms with van der Waals surface area (Å²) in [5, 5.41) is 8.71. The highest BCUT2D eigenvalue weighted by Gasteiger charge is 2.21. The zero-order valence-corrected chi connectivity index (χ0v) is 11.4. The average molecular weight is 259 g/mol. The van der Waals surface area contributed by atoms with Crippen LogP contribution in [0.3, 0.4) is 0 Å². The number of benzene rings is 1. The molecule has 19 heavy (non-hydrogen) atoms. The van der Waals surface area contributed by atoms with E-state index in [1.165, 1.54) is 12.0 Å². The van der Waals surface area contributed by atoms with Crippen molar-refractivity contribution < 1.29 is 9.84 Å². The third kappa shape index (κ3) is 4.36. The molecule has 2 rings (SSSR count). The predicted molar refractivity (Wildman–Crippen MR) is 75.7 cm³/mol. The summed E-state index contributed by atoms with van der Waals surface area (Å²) in [5.41, 5.74) is 2.25. The second kappa shape index (κ2) is 7.30. The summed E-state index contributed by atoms with van der Waals surface area (Å²) < 4.78 is 5.22. The molecule has 1 atom stereocenters. The molecule has 0 aliphatic carbocycles. The van der Waals surface area contributed by atoms with Crippen molar-refractivity contribution in [3.63, 3.8) is 0 Å². The van der Waals surface area contributed by atoms with E-state index in [1.807, 2.05) is 12.1 Å². The highest BCUT2D eigenvalue weighted by Crippen LogP contribution is 2.19. The van der Waals surface area contributed by atoms with Gasteiger partial charge >= 0.3 is 0 Å². The first-order chi connectivity index (χ1) is 9.31. The van der Waals surface area contributed by atoms with Crippen molar-refractivity contribution in [2.45, 2.75) is 13.0 Å². The van der Waals surface area contributed by atoms with E-state index < -0.39 is 0 Å². The molecule has 0 aromatic heterocycles. The van der Waals surface area contributed by atoms with Crippen molar-refractivity contribution in [1.82, 2.24) is 4.90 Å². The lowest BCUT2D eigenvalue weighted by Gasteiger charge is -2.16. The number of hydrogen-bond acceptors (Lipinski definition) is 3. The van der Waals surface area contributed by atoms with E-state index >= 15 is 0 Å². The Kier molecular flexibility index (Phi) is 5.41. The molecular weight excluding hydrogens is 238 g/mol. The van der Waals surface area contributed by atoms with Gasteiger partial charge in [-0.3, -0.25) is 4.90 Å². The van der Waals surface area contributed by atoms with E-state index in [1.54, 1.807) is 7.11 Å². The standard InChI is InChI=1S/C16H21NO2/c1-19-13-16-7-8-17(12-16)11-15-5-2-4-14(10-15)6-3-9-18/h2,4-5,10,16,18H,7-9,11-13H2,1H3. The lowest BCUT2D eigenvalue weighted by atomic mass is 10.1. The first-order valence-electron chi connectivity index (χ1n) is 6.72. The Hall–Kier alpha value is -1.34. The van der Waals surface area contributed by atoms with E-state index in [2.05, 4.69) is 28.9 Å². The molecule has 0 spiro atoms. The van der Waals surface area contributed by atoms with Gasteiger partial charge in [-0.15, -0.1) is 0 Å². The fourth-order valence-corrected chi connectivity index (χ4v) is 2.58. The quantitative estimate of drug-likeness (QED) is 0.832. The van der Waals surface area contributed by atoms with Crippen LogP contribution in [-0.4, -0.2) is 43.4 Å². The largest absolute Gasteiger partial charge is 0.384 e. The fraction of sp³-hybridized carbons (Fsp3) is 0.500. The smallest absolute Gasteiger partial charge is 0.104 e. The van der Waals surface area contributed by atoms with Crippen LogP contribution in [0.15, 0.2) is 24.3 Å². The lowest BCUT2D eigenvalue weighted by molar-refractivity contribution is 0.152. The van der Waals surface area contributed by atoms with Gasteiger partial charge < -0.3 is 9.84 Å². The number of hydrogen-bond donors (Lipinski definition) is 1. The molecule has 1 aromatic carbocycles. The van der Waals surface area contributed by atoms with Crippen molar-refractivity contribution in [2.24, 2.45) is 5.92 Å². The Labute approximate surface area is 115 Å². The van der Waals surface area contributed by atoms with Crippen LogP contribution >= 0.6 is 0 Å². The number of aliphatic hydroxyl groups is 1. The molecular formula is C16H21NO2. The molecule has 1 aliphatic heterocycles. The number of likely N-dealkylation sites (tertiary alicyclic amines) is 1. The summed E-state index contributed by atoms with van der Waals surface area (Å²) >= 11 is 0. The van der Waals surface area contributed by atoms with Gasteiger partial charge in [0.1, 0.15) is 6.61 Å². The Morgan fingerprint density at radius 3 is 3.16 bits per heavy atom. The molecule has 0 bridgehead atoms. The van der Waals surface area contributed by atoms with Gasteiger partial charge in [-0.25, -0.2) is 0 Å². The van der Waals surface area contributed by atoms with Crippen LogP contribution < -0.4 is 0 Å². The minimum Gasteiger partial charge on any atom is -0.384 e. The zero-order chi connectivity index (χ0) is 13.5. The summed E-state index contributed by atoms with van der Waals surface area (Å²) in [7, 11) is 1.77. The molecule has 1 aliphatic rings. The van der Waals surface area contributed by atoms with Gasteiger partial charge in [0.05, 0.1) is 6.61 Å². The maximum atomic E-state index is 8.71. The van der Waals surface area contributed by atoms with Crippen LogP contribution in [0.4, 0.5) is 0 Å². The highest BCUT2D eigenvalue weighted by molar-refractivity contribution is 5.37. The Morgan fingerprint density at radius 2 is 2.37 bits per heavy atom. The maximum absolute atomic E-state index is 8.71. The summed E-state index contributed by atoms with van der Waals surface area (Å²) in [5.74, 6) is 6.30. The highest BCUT2D eigenvalue weighted by atomic mass is 16.5. The Balaban J connectivity index is 1.92. The number of ether oxygens (including phenoxy) is 1. The minimum absolute atomic E-state index is 0.0882. The van der Waals surface area contributed by atoms with Gasteiger partial charge in [0.2, 0.25) is 0 Å². The second-order valence-electron chi connectivity index (χ2n) is 5.01. The maximum Gasteiger partial charge on any atom is 0.104 e. The SMILES string of the molecule is COCC1CCN(Cc2cccc(C#CCO)c2)C1. The number of rotatable bonds is 4.